The molecule has 2 N–H and O–H groups in total. The van der Waals surface area contributed by atoms with Gasteiger partial charge in [0.1, 0.15) is 5.82 Å². The van der Waals surface area contributed by atoms with Crippen LogP contribution in [-0.4, -0.2) is 28.6 Å². The Kier molecular flexibility index (Phi) is 5.97. The number of rotatable bonds is 4. The summed E-state index contributed by atoms with van der Waals surface area (Å²) >= 11 is 20.3. The van der Waals surface area contributed by atoms with E-state index in [1.54, 1.807) is 0 Å². The van der Waals surface area contributed by atoms with E-state index >= 15 is 0 Å². The molecule has 0 spiro atoms. The van der Waals surface area contributed by atoms with Crippen molar-refractivity contribution in [2.24, 2.45) is 0 Å². The maximum absolute atomic E-state index is 6.02. The Balaban J connectivity index is 2.04. The second-order valence-electron chi connectivity index (χ2n) is 5.92. The van der Waals surface area contributed by atoms with Crippen molar-refractivity contribution in [2.45, 2.75) is 42.1 Å². The van der Waals surface area contributed by atoms with Gasteiger partial charge in [0.05, 0.1) is 5.52 Å². The number of benzene rings is 1. The van der Waals surface area contributed by atoms with Crippen molar-refractivity contribution >= 4 is 74.1 Å². The fourth-order valence-corrected chi connectivity index (χ4v) is 3.80. The van der Waals surface area contributed by atoms with Crippen LogP contribution in [0.25, 0.3) is 10.9 Å². The standard InChI is InChI=1S/C16H18Cl3IN4/c1-2-11(13-4-3-7-21-13)22-14-10-8-9(20)5-6-12(10)23-15(24-14)16(17,18)19/h5-6,8,11,13,21H,2-4,7H2,1H3,(H,22,23,24). The largest absolute Gasteiger partial charge is 0.365 e. The second-order valence-corrected chi connectivity index (χ2v) is 9.44. The van der Waals surface area contributed by atoms with Crippen LogP contribution in [0.4, 0.5) is 5.82 Å². The summed E-state index contributed by atoms with van der Waals surface area (Å²) in [4.78, 5) is 8.94. The van der Waals surface area contributed by atoms with Crippen LogP contribution < -0.4 is 10.6 Å². The van der Waals surface area contributed by atoms with Crippen molar-refractivity contribution < 1.29 is 0 Å². The van der Waals surface area contributed by atoms with E-state index in [2.05, 4.69) is 56.2 Å². The molecule has 0 aliphatic carbocycles. The molecule has 4 nitrogen and oxygen atoms in total. The van der Waals surface area contributed by atoms with Gasteiger partial charge in [0, 0.05) is 21.0 Å². The SMILES string of the molecule is CCC(Nc1nc(C(Cl)(Cl)Cl)nc2ccc(I)cc12)C1CCCN1. The molecule has 8 heteroatoms. The maximum atomic E-state index is 6.02. The van der Waals surface area contributed by atoms with Gasteiger partial charge in [-0.25, -0.2) is 9.97 Å². The van der Waals surface area contributed by atoms with Crippen LogP contribution in [0.15, 0.2) is 18.2 Å². The van der Waals surface area contributed by atoms with Gasteiger partial charge >= 0.3 is 0 Å². The molecule has 1 aromatic heterocycles. The predicted octanol–water partition coefficient (Wildman–Crippen LogP) is 5.00. The van der Waals surface area contributed by atoms with Crippen LogP contribution in [-0.2, 0) is 3.79 Å². The molecular formula is C16H18Cl3IN4. The van der Waals surface area contributed by atoms with Gasteiger partial charge in [0.15, 0.2) is 5.82 Å². The number of anilines is 1. The van der Waals surface area contributed by atoms with Gasteiger partial charge in [-0.1, -0.05) is 41.7 Å². The average molecular weight is 500 g/mol. The molecule has 1 fully saturated rings. The van der Waals surface area contributed by atoms with Crippen LogP contribution in [0.5, 0.6) is 0 Å². The first-order chi connectivity index (χ1) is 11.4. The topological polar surface area (TPSA) is 49.8 Å². The lowest BCUT2D eigenvalue weighted by Gasteiger charge is -2.25. The number of hydrogen-bond acceptors (Lipinski definition) is 4. The Morgan fingerprint density at radius 2 is 2.17 bits per heavy atom. The molecule has 0 saturated carbocycles. The van der Waals surface area contributed by atoms with Gasteiger partial charge in [0.2, 0.25) is 3.79 Å². The molecular weight excluding hydrogens is 481 g/mol. The van der Waals surface area contributed by atoms with Gasteiger partial charge in [0.25, 0.3) is 0 Å². The van der Waals surface area contributed by atoms with Gasteiger partial charge in [-0.05, 0) is 66.6 Å². The lowest BCUT2D eigenvalue weighted by molar-refractivity contribution is 0.498. The zero-order valence-corrected chi connectivity index (χ0v) is 17.5. The molecule has 24 heavy (non-hydrogen) atoms. The number of nitrogens with zero attached hydrogens (tertiary/aromatic N) is 2. The molecule has 130 valence electrons. The van der Waals surface area contributed by atoms with Crippen molar-refractivity contribution in [3.05, 3.63) is 27.6 Å². The molecule has 2 unspecified atom stereocenters. The van der Waals surface area contributed by atoms with Crippen molar-refractivity contribution in [2.75, 3.05) is 11.9 Å². The quantitative estimate of drug-likeness (QED) is 0.459. The third kappa shape index (κ3) is 4.18. The van der Waals surface area contributed by atoms with E-state index in [0.717, 1.165) is 39.7 Å². The third-order valence-corrected chi connectivity index (χ3v) is 5.44. The van der Waals surface area contributed by atoms with Gasteiger partial charge < -0.3 is 10.6 Å². The van der Waals surface area contributed by atoms with Crippen LogP contribution in [0.2, 0.25) is 0 Å². The summed E-state index contributed by atoms with van der Waals surface area (Å²) in [6.07, 6.45) is 3.34. The lowest BCUT2D eigenvalue weighted by Crippen LogP contribution is -2.40. The van der Waals surface area contributed by atoms with Crippen molar-refractivity contribution in [1.29, 1.82) is 0 Å². The van der Waals surface area contributed by atoms with Crippen LogP contribution in [0, 0.1) is 3.57 Å². The highest BCUT2D eigenvalue weighted by Crippen LogP contribution is 2.38. The molecule has 0 amide bonds. The van der Waals surface area contributed by atoms with Crippen molar-refractivity contribution in [1.82, 2.24) is 15.3 Å². The molecule has 2 heterocycles. The minimum Gasteiger partial charge on any atom is -0.365 e. The van der Waals surface area contributed by atoms with Gasteiger partial charge in [-0.3, -0.25) is 0 Å². The number of alkyl halides is 3. The number of fused-ring (bicyclic) bond motifs is 1. The van der Waals surface area contributed by atoms with E-state index in [1.807, 2.05) is 12.1 Å². The van der Waals surface area contributed by atoms with Gasteiger partial charge in [-0.2, -0.15) is 0 Å². The first kappa shape index (κ1) is 18.7. The highest BCUT2D eigenvalue weighted by molar-refractivity contribution is 14.1. The van der Waals surface area contributed by atoms with E-state index in [4.69, 9.17) is 34.8 Å². The van der Waals surface area contributed by atoms with E-state index in [9.17, 15) is 0 Å². The minimum atomic E-state index is -1.65. The summed E-state index contributed by atoms with van der Waals surface area (Å²) in [5, 5.41) is 8.05. The van der Waals surface area contributed by atoms with E-state index in [0.29, 0.717) is 6.04 Å². The Hall–Kier alpha value is -0.0800. The molecule has 1 saturated heterocycles. The number of hydrogen-bond donors (Lipinski definition) is 2. The molecule has 1 aromatic carbocycles. The molecule has 0 bridgehead atoms. The number of aromatic nitrogens is 2. The van der Waals surface area contributed by atoms with Crippen LogP contribution in [0.1, 0.15) is 32.0 Å². The normalized spacial score (nSPS) is 19.6. The Labute approximate surface area is 170 Å². The van der Waals surface area contributed by atoms with E-state index in [1.165, 1.54) is 6.42 Å². The molecule has 0 radical (unpaired) electrons. The van der Waals surface area contributed by atoms with E-state index < -0.39 is 3.79 Å². The first-order valence-corrected chi connectivity index (χ1v) is 10.1. The van der Waals surface area contributed by atoms with Gasteiger partial charge in [-0.15, -0.1) is 0 Å². The number of nitrogens with one attached hydrogen (secondary N) is 2. The second kappa shape index (κ2) is 7.66. The zero-order chi connectivity index (χ0) is 17.3. The monoisotopic (exact) mass is 498 g/mol. The number of halogens is 4. The Morgan fingerprint density at radius 3 is 2.79 bits per heavy atom. The summed E-state index contributed by atoms with van der Waals surface area (Å²) in [5.41, 5.74) is 0.767. The predicted molar refractivity (Wildman–Crippen MR) is 110 cm³/mol. The summed E-state index contributed by atoms with van der Waals surface area (Å²) in [6.45, 7) is 3.23. The molecule has 2 atom stereocenters. The molecule has 3 rings (SSSR count). The van der Waals surface area contributed by atoms with Crippen LogP contribution >= 0.6 is 57.4 Å². The third-order valence-electron chi connectivity index (χ3n) is 4.26. The summed E-state index contributed by atoms with van der Waals surface area (Å²) in [6, 6.07) is 6.66. The summed E-state index contributed by atoms with van der Waals surface area (Å²) in [7, 11) is 0. The van der Waals surface area contributed by atoms with E-state index in [-0.39, 0.29) is 11.9 Å². The highest BCUT2D eigenvalue weighted by Gasteiger charge is 2.29. The average Bonchev–Trinajstić information content (AvgIpc) is 3.05. The molecule has 1 aliphatic heterocycles. The zero-order valence-electron chi connectivity index (χ0n) is 13.1. The summed E-state index contributed by atoms with van der Waals surface area (Å²) < 4.78 is -0.540. The molecule has 1 aliphatic rings. The fourth-order valence-electron chi connectivity index (χ4n) is 3.06. The van der Waals surface area contributed by atoms with Crippen LogP contribution in [0.3, 0.4) is 0 Å². The maximum Gasteiger partial charge on any atom is 0.250 e. The summed E-state index contributed by atoms with van der Waals surface area (Å²) in [5.74, 6) is 0.915. The molecule has 2 aromatic rings. The fraction of sp³-hybridized carbons (Fsp3) is 0.500. The first-order valence-electron chi connectivity index (χ1n) is 7.93. The van der Waals surface area contributed by atoms with Crippen molar-refractivity contribution in [3.8, 4) is 0 Å². The Bertz CT molecular complexity index is 729. The minimum absolute atomic E-state index is 0.193. The highest BCUT2D eigenvalue weighted by atomic mass is 127. The van der Waals surface area contributed by atoms with Crippen molar-refractivity contribution in [3.63, 3.8) is 0 Å². The smallest absolute Gasteiger partial charge is 0.250 e. The lowest BCUT2D eigenvalue weighted by atomic mass is 10.0. The Morgan fingerprint density at radius 1 is 1.38 bits per heavy atom.